The molecule has 4 nitrogen and oxygen atoms in total. The highest BCUT2D eigenvalue weighted by molar-refractivity contribution is 5.92. The van der Waals surface area contributed by atoms with Crippen LogP contribution in [0, 0.1) is 0 Å². The molecule has 0 saturated carbocycles. The first-order chi connectivity index (χ1) is 5.49. The maximum atomic E-state index is 10.5. The van der Waals surface area contributed by atoms with Crippen molar-refractivity contribution in [1.82, 2.24) is 0 Å². The second-order valence-electron chi connectivity index (χ2n) is 2.49. The van der Waals surface area contributed by atoms with E-state index in [2.05, 4.69) is 0 Å². The second-order valence-corrected chi connectivity index (χ2v) is 2.49. The molecule has 0 saturated heterocycles. The summed E-state index contributed by atoms with van der Waals surface area (Å²) in [5.74, 6) is -2.25. The molecule has 0 aliphatic carbocycles. The monoisotopic (exact) mass is 172 g/mol. The van der Waals surface area contributed by atoms with Gasteiger partial charge in [-0.15, -0.1) is 0 Å². The SMILES string of the molecule is CC/C(C)=C(\CC(=O)O)C(=O)O. The number of carboxylic acids is 2. The molecule has 12 heavy (non-hydrogen) atoms. The fourth-order valence-corrected chi connectivity index (χ4v) is 0.774. The molecule has 0 radical (unpaired) electrons. The molecule has 0 aliphatic rings. The minimum atomic E-state index is -1.14. The Bertz CT molecular complexity index is 227. The van der Waals surface area contributed by atoms with Crippen molar-refractivity contribution in [3.05, 3.63) is 11.1 Å². The van der Waals surface area contributed by atoms with Crippen LogP contribution in [0.5, 0.6) is 0 Å². The standard InChI is InChI=1S/C8H12O4/c1-3-5(2)6(8(11)12)4-7(9)10/h3-4H2,1-2H3,(H,9,10)(H,11,12)/b6-5+. The van der Waals surface area contributed by atoms with E-state index >= 15 is 0 Å². The molecule has 0 aromatic carbocycles. The molecular formula is C8H12O4. The zero-order chi connectivity index (χ0) is 9.72. The maximum absolute atomic E-state index is 10.5. The van der Waals surface area contributed by atoms with Gasteiger partial charge in [0.1, 0.15) is 0 Å². The summed E-state index contributed by atoms with van der Waals surface area (Å²) >= 11 is 0. The minimum absolute atomic E-state index is 0.00926. The fraction of sp³-hybridized carbons (Fsp3) is 0.500. The first-order valence-corrected chi connectivity index (χ1v) is 3.62. The number of allylic oxidation sites excluding steroid dienone is 1. The first kappa shape index (κ1) is 10.7. The van der Waals surface area contributed by atoms with Crippen molar-refractivity contribution < 1.29 is 19.8 Å². The van der Waals surface area contributed by atoms with Crippen molar-refractivity contribution in [1.29, 1.82) is 0 Å². The molecule has 0 bridgehead atoms. The van der Waals surface area contributed by atoms with E-state index in [4.69, 9.17) is 10.2 Å². The summed E-state index contributed by atoms with van der Waals surface area (Å²) in [4.78, 5) is 20.8. The highest BCUT2D eigenvalue weighted by Crippen LogP contribution is 2.11. The van der Waals surface area contributed by atoms with Gasteiger partial charge in [-0.3, -0.25) is 4.79 Å². The molecule has 0 aliphatic heterocycles. The van der Waals surface area contributed by atoms with E-state index in [9.17, 15) is 9.59 Å². The van der Waals surface area contributed by atoms with Crippen molar-refractivity contribution in [2.24, 2.45) is 0 Å². The molecule has 0 spiro atoms. The van der Waals surface area contributed by atoms with E-state index in [0.717, 1.165) is 0 Å². The topological polar surface area (TPSA) is 74.6 Å². The van der Waals surface area contributed by atoms with Crippen molar-refractivity contribution in [3.63, 3.8) is 0 Å². The second kappa shape index (κ2) is 4.54. The van der Waals surface area contributed by atoms with Gasteiger partial charge in [0.05, 0.1) is 6.42 Å². The molecule has 0 aromatic rings. The molecule has 0 heterocycles. The van der Waals surface area contributed by atoms with Crippen LogP contribution in [0.4, 0.5) is 0 Å². The van der Waals surface area contributed by atoms with Crippen molar-refractivity contribution >= 4 is 11.9 Å². The fourth-order valence-electron chi connectivity index (χ4n) is 0.774. The summed E-state index contributed by atoms with van der Waals surface area (Å²) in [7, 11) is 0. The van der Waals surface area contributed by atoms with E-state index in [1.807, 2.05) is 0 Å². The Morgan fingerprint density at radius 3 is 2.00 bits per heavy atom. The molecule has 0 aromatic heterocycles. The number of aliphatic carboxylic acids is 2. The quantitative estimate of drug-likeness (QED) is 0.626. The predicted molar refractivity (Wildman–Crippen MR) is 42.9 cm³/mol. The molecule has 0 unspecified atom stereocenters. The summed E-state index contributed by atoms with van der Waals surface area (Å²) < 4.78 is 0. The van der Waals surface area contributed by atoms with E-state index in [-0.39, 0.29) is 5.57 Å². The molecule has 2 N–H and O–H groups in total. The normalized spacial score (nSPS) is 12.2. The van der Waals surface area contributed by atoms with Gasteiger partial charge in [-0.2, -0.15) is 0 Å². The Morgan fingerprint density at radius 2 is 1.75 bits per heavy atom. The molecule has 0 fully saturated rings. The van der Waals surface area contributed by atoms with Crippen LogP contribution in [0.25, 0.3) is 0 Å². The Labute approximate surface area is 70.5 Å². The Hall–Kier alpha value is -1.32. The highest BCUT2D eigenvalue weighted by atomic mass is 16.4. The van der Waals surface area contributed by atoms with Crippen molar-refractivity contribution in [2.75, 3.05) is 0 Å². The van der Waals surface area contributed by atoms with Gasteiger partial charge in [-0.25, -0.2) is 4.79 Å². The number of hydrogen-bond donors (Lipinski definition) is 2. The van der Waals surface area contributed by atoms with Crippen LogP contribution in [0.15, 0.2) is 11.1 Å². The lowest BCUT2D eigenvalue weighted by Crippen LogP contribution is -2.08. The molecule has 68 valence electrons. The third-order valence-electron chi connectivity index (χ3n) is 1.63. The lowest BCUT2D eigenvalue weighted by molar-refractivity contribution is -0.139. The van der Waals surface area contributed by atoms with Gasteiger partial charge in [0.25, 0.3) is 0 Å². The minimum Gasteiger partial charge on any atom is -0.481 e. The summed E-state index contributed by atoms with van der Waals surface area (Å²) in [6.45, 7) is 3.42. The van der Waals surface area contributed by atoms with Crippen LogP contribution in [0.2, 0.25) is 0 Å². The van der Waals surface area contributed by atoms with Crippen LogP contribution in [-0.2, 0) is 9.59 Å². The number of carboxylic acid groups (broad SMARTS) is 2. The predicted octanol–water partition coefficient (Wildman–Crippen LogP) is 1.27. The Morgan fingerprint density at radius 1 is 1.25 bits per heavy atom. The zero-order valence-electron chi connectivity index (χ0n) is 7.13. The molecule has 4 heteroatoms. The first-order valence-electron chi connectivity index (χ1n) is 3.62. The van der Waals surface area contributed by atoms with Crippen LogP contribution >= 0.6 is 0 Å². The molecule has 0 atom stereocenters. The molecular weight excluding hydrogens is 160 g/mol. The van der Waals surface area contributed by atoms with Gasteiger partial charge in [-0.05, 0) is 13.3 Å². The van der Waals surface area contributed by atoms with E-state index in [0.29, 0.717) is 12.0 Å². The summed E-state index contributed by atoms with van der Waals surface area (Å²) in [5.41, 5.74) is 0.606. The van der Waals surface area contributed by atoms with Crippen LogP contribution in [0.3, 0.4) is 0 Å². The van der Waals surface area contributed by atoms with Gasteiger partial charge in [0.2, 0.25) is 0 Å². The Balaban J connectivity index is 4.66. The average Bonchev–Trinajstić information content (AvgIpc) is 1.98. The third-order valence-corrected chi connectivity index (χ3v) is 1.63. The smallest absolute Gasteiger partial charge is 0.332 e. The maximum Gasteiger partial charge on any atom is 0.332 e. The molecule has 0 amide bonds. The third kappa shape index (κ3) is 3.18. The summed E-state index contributed by atoms with van der Waals surface area (Å²) in [5, 5.41) is 17.0. The van der Waals surface area contributed by atoms with E-state index in [1.165, 1.54) is 0 Å². The summed E-state index contributed by atoms with van der Waals surface area (Å²) in [6, 6.07) is 0. The van der Waals surface area contributed by atoms with E-state index in [1.54, 1.807) is 13.8 Å². The van der Waals surface area contributed by atoms with Gasteiger partial charge in [0.15, 0.2) is 0 Å². The largest absolute Gasteiger partial charge is 0.481 e. The van der Waals surface area contributed by atoms with Crippen molar-refractivity contribution in [3.8, 4) is 0 Å². The van der Waals surface area contributed by atoms with E-state index < -0.39 is 18.4 Å². The van der Waals surface area contributed by atoms with Gasteiger partial charge in [0, 0.05) is 5.57 Å². The number of carbonyl (C=O) groups is 2. The van der Waals surface area contributed by atoms with Gasteiger partial charge in [-0.1, -0.05) is 12.5 Å². The number of hydrogen-bond acceptors (Lipinski definition) is 2. The molecule has 0 rings (SSSR count). The average molecular weight is 172 g/mol. The van der Waals surface area contributed by atoms with Crippen LogP contribution in [0.1, 0.15) is 26.7 Å². The highest BCUT2D eigenvalue weighted by Gasteiger charge is 2.13. The van der Waals surface area contributed by atoms with Crippen LogP contribution < -0.4 is 0 Å². The van der Waals surface area contributed by atoms with Gasteiger partial charge < -0.3 is 10.2 Å². The lowest BCUT2D eigenvalue weighted by atomic mass is 10.0. The lowest BCUT2D eigenvalue weighted by Gasteiger charge is -2.02. The van der Waals surface area contributed by atoms with Crippen molar-refractivity contribution in [2.45, 2.75) is 26.7 Å². The number of rotatable bonds is 4. The van der Waals surface area contributed by atoms with Gasteiger partial charge >= 0.3 is 11.9 Å². The van der Waals surface area contributed by atoms with Crippen LogP contribution in [-0.4, -0.2) is 22.2 Å². The summed E-state index contributed by atoms with van der Waals surface area (Å²) in [6.07, 6.45) is 0.157. The zero-order valence-corrected chi connectivity index (χ0v) is 7.13. The Kier molecular flexibility index (Phi) is 4.04.